The number of carbonyl (C=O) groups is 1. The molecular formula is C9H12Br2N2OS. The molecule has 0 aliphatic heterocycles. The van der Waals surface area contributed by atoms with Gasteiger partial charge >= 0.3 is 0 Å². The van der Waals surface area contributed by atoms with Crippen molar-refractivity contribution >= 4 is 49.1 Å². The fourth-order valence-electron chi connectivity index (χ4n) is 1.04. The lowest BCUT2D eigenvalue weighted by Crippen LogP contribution is -2.33. The predicted octanol–water partition coefficient (Wildman–Crippen LogP) is 2.50. The van der Waals surface area contributed by atoms with Gasteiger partial charge in [-0.2, -0.15) is 0 Å². The summed E-state index contributed by atoms with van der Waals surface area (Å²) < 4.78 is 2.14. The van der Waals surface area contributed by atoms with Crippen molar-refractivity contribution < 1.29 is 4.79 Å². The molecule has 0 bridgehead atoms. The van der Waals surface area contributed by atoms with Gasteiger partial charge in [-0.25, -0.2) is 0 Å². The zero-order valence-corrected chi connectivity index (χ0v) is 12.3. The van der Waals surface area contributed by atoms with E-state index < -0.39 is 0 Å². The second-order valence-corrected chi connectivity index (χ2v) is 6.20. The fraction of sp³-hybridized carbons (Fsp3) is 0.444. The van der Waals surface area contributed by atoms with Crippen molar-refractivity contribution in [3.05, 3.63) is 19.2 Å². The molecule has 0 atom stereocenters. The lowest BCUT2D eigenvalue weighted by Gasteiger charge is -2.02. The number of halogens is 2. The van der Waals surface area contributed by atoms with Gasteiger partial charge in [0, 0.05) is 22.4 Å². The number of nitrogens with one attached hydrogen (secondary N) is 2. The van der Waals surface area contributed by atoms with Crippen LogP contribution in [0, 0.1) is 0 Å². The molecular weight excluding hydrogens is 344 g/mol. The Hall–Kier alpha value is 0.0900. The van der Waals surface area contributed by atoms with Crippen LogP contribution < -0.4 is 10.6 Å². The van der Waals surface area contributed by atoms with Crippen molar-refractivity contribution in [3.63, 3.8) is 0 Å². The first-order chi connectivity index (χ1) is 7.13. The normalized spacial score (nSPS) is 10.3. The van der Waals surface area contributed by atoms with E-state index in [-0.39, 0.29) is 5.91 Å². The molecule has 0 radical (unpaired) electrons. The van der Waals surface area contributed by atoms with Crippen molar-refractivity contribution in [1.29, 1.82) is 0 Å². The molecule has 0 aliphatic rings. The SMILES string of the molecule is CCNC(=O)CNCc1cc(Br)c(Br)s1. The smallest absolute Gasteiger partial charge is 0.233 e. The third-order valence-corrected chi connectivity index (χ3v) is 4.91. The number of hydrogen-bond acceptors (Lipinski definition) is 3. The number of thiophene rings is 1. The Morgan fingerprint density at radius 3 is 2.80 bits per heavy atom. The Kier molecular flexibility index (Phi) is 5.81. The standard InChI is InChI=1S/C9H12Br2N2OS/c1-2-13-8(14)5-12-4-6-3-7(10)9(11)15-6/h3,12H,2,4-5H2,1H3,(H,13,14). The minimum absolute atomic E-state index is 0.0344. The van der Waals surface area contributed by atoms with Crippen molar-refractivity contribution in [1.82, 2.24) is 10.6 Å². The van der Waals surface area contributed by atoms with E-state index in [0.29, 0.717) is 19.6 Å². The highest BCUT2D eigenvalue weighted by Crippen LogP contribution is 2.32. The van der Waals surface area contributed by atoms with E-state index in [1.165, 1.54) is 4.88 Å². The number of likely N-dealkylation sites (N-methyl/N-ethyl adjacent to an activating group) is 1. The number of amides is 1. The highest BCUT2D eigenvalue weighted by atomic mass is 79.9. The maximum Gasteiger partial charge on any atom is 0.233 e. The molecule has 0 spiro atoms. The third-order valence-electron chi connectivity index (χ3n) is 1.65. The average molecular weight is 356 g/mol. The summed E-state index contributed by atoms with van der Waals surface area (Å²) in [5.74, 6) is 0.0344. The van der Waals surface area contributed by atoms with Gasteiger partial charge in [-0.05, 0) is 44.8 Å². The van der Waals surface area contributed by atoms with Crippen LogP contribution in [0.3, 0.4) is 0 Å². The first-order valence-corrected chi connectivity index (χ1v) is 6.95. The average Bonchev–Trinajstić information content (AvgIpc) is 2.46. The van der Waals surface area contributed by atoms with Gasteiger partial charge in [-0.3, -0.25) is 4.79 Å². The van der Waals surface area contributed by atoms with Crippen LogP contribution in [0.25, 0.3) is 0 Å². The van der Waals surface area contributed by atoms with E-state index in [9.17, 15) is 4.79 Å². The third kappa shape index (κ3) is 4.63. The van der Waals surface area contributed by atoms with Crippen molar-refractivity contribution in [3.8, 4) is 0 Å². The monoisotopic (exact) mass is 354 g/mol. The largest absolute Gasteiger partial charge is 0.355 e. The Labute approximate surface area is 110 Å². The number of hydrogen-bond donors (Lipinski definition) is 2. The van der Waals surface area contributed by atoms with E-state index in [2.05, 4.69) is 42.5 Å². The van der Waals surface area contributed by atoms with Gasteiger partial charge in [0.05, 0.1) is 10.3 Å². The van der Waals surface area contributed by atoms with E-state index in [0.717, 1.165) is 8.26 Å². The summed E-state index contributed by atoms with van der Waals surface area (Å²) in [6, 6.07) is 2.04. The highest BCUT2D eigenvalue weighted by molar-refractivity contribution is 9.13. The lowest BCUT2D eigenvalue weighted by atomic mass is 10.4. The van der Waals surface area contributed by atoms with Crippen LogP contribution in [0.4, 0.5) is 0 Å². The Bertz CT molecular complexity index is 321. The summed E-state index contributed by atoms with van der Waals surface area (Å²) in [6.07, 6.45) is 0. The quantitative estimate of drug-likeness (QED) is 0.852. The Morgan fingerprint density at radius 2 is 2.27 bits per heavy atom. The summed E-state index contributed by atoms with van der Waals surface area (Å²) in [4.78, 5) is 12.3. The summed E-state index contributed by atoms with van der Waals surface area (Å²) in [7, 11) is 0. The molecule has 84 valence electrons. The molecule has 1 heterocycles. The predicted molar refractivity (Wildman–Crippen MR) is 70.1 cm³/mol. The first kappa shape index (κ1) is 13.2. The Balaban J connectivity index is 2.28. The first-order valence-electron chi connectivity index (χ1n) is 4.54. The van der Waals surface area contributed by atoms with Gasteiger partial charge in [-0.1, -0.05) is 0 Å². The molecule has 1 rings (SSSR count). The van der Waals surface area contributed by atoms with Crippen molar-refractivity contribution in [2.75, 3.05) is 13.1 Å². The molecule has 1 aromatic heterocycles. The van der Waals surface area contributed by atoms with Crippen LogP contribution in [0.5, 0.6) is 0 Å². The topological polar surface area (TPSA) is 41.1 Å². The second-order valence-electron chi connectivity index (χ2n) is 2.89. The highest BCUT2D eigenvalue weighted by Gasteiger charge is 2.04. The van der Waals surface area contributed by atoms with Crippen LogP contribution in [0.2, 0.25) is 0 Å². The van der Waals surface area contributed by atoms with E-state index in [1.807, 2.05) is 13.0 Å². The molecule has 0 saturated heterocycles. The van der Waals surface area contributed by atoms with Gasteiger partial charge in [0.15, 0.2) is 0 Å². The van der Waals surface area contributed by atoms with E-state index >= 15 is 0 Å². The summed E-state index contributed by atoms with van der Waals surface area (Å²) in [5.41, 5.74) is 0. The summed E-state index contributed by atoms with van der Waals surface area (Å²) in [5, 5.41) is 5.82. The molecule has 1 aromatic rings. The molecule has 0 aliphatic carbocycles. The van der Waals surface area contributed by atoms with E-state index in [4.69, 9.17) is 0 Å². The van der Waals surface area contributed by atoms with Crippen LogP contribution in [0.1, 0.15) is 11.8 Å². The molecule has 6 heteroatoms. The van der Waals surface area contributed by atoms with Crippen molar-refractivity contribution in [2.24, 2.45) is 0 Å². The minimum atomic E-state index is 0.0344. The van der Waals surface area contributed by atoms with Gasteiger partial charge in [-0.15, -0.1) is 11.3 Å². The van der Waals surface area contributed by atoms with Gasteiger partial charge in [0.1, 0.15) is 0 Å². The molecule has 15 heavy (non-hydrogen) atoms. The molecule has 3 nitrogen and oxygen atoms in total. The van der Waals surface area contributed by atoms with Crippen molar-refractivity contribution in [2.45, 2.75) is 13.5 Å². The van der Waals surface area contributed by atoms with Crippen LogP contribution in [-0.4, -0.2) is 19.0 Å². The van der Waals surface area contributed by atoms with Crippen LogP contribution in [-0.2, 0) is 11.3 Å². The Morgan fingerprint density at radius 1 is 1.53 bits per heavy atom. The molecule has 0 fully saturated rings. The van der Waals surface area contributed by atoms with E-state index in [1.54, 1.807) is 11.3 Å². The summed E-state index contributed by atoms with van der Waals surface area (Å²) in [6.45, 7) is 3.66. The molecule has 2 N–H and O–H groups in total. The van der Waals surface area contributed by atoms with Crippen LogP contribution in [0.15, 0.2) is 14.3 Å². The maximum absolute atomic E-state index is 11.1. The zero-order chi connectivity index (χ0) is 11.3. The maximum atomic E-state index is 11.1. The van der Waals surface area contributed by atoms with Gasteiger partial charge < -0.3 is 10.6 Å². The molecule has 0 aromatic carbocycles. The molecule has 0 saturated carbocycles. The second kappa shape index (κ2) is 6.62. The summed E-state index contributed by atoms with van der Waals surface area (Å²) >= 11 is 8.50. The molecule has 1 amide bonds. The fourth-order valence-corrected chi connectivity index (χ4v) is 3.18. The molecule has 0 unspecified atom stereocenters. The van der Waals surface area contributed by atoms with Crippen LogP contribution >= 0.6 is 43.2 Å². The van der Waals surface area contributed by atoms with Gasteiger partial charge in [0.25, 0.3) is 0 Å². The zero-order valence-electron chi connectivity index (χ0n) is 8.27. The lowest BCUT2D eigenvalue weighted by molar-refractivity contribution is -0.120. The van der Waals surface area contributed by atoms with Gasteiger partial charge in [0.2, 0.25) is 5.91 Å². The number of rotatable bonds is 5. The number of carbonyl (C=O) groups excluding carboxylic acids is 1. The minimum Gasteiger partial charge on any atom is -0.355 e.